The number of likely N-dealkylation sites (tertiary alicyclic amines) is 1. The maximum absolute atomic E-state index is 14.0. The quantitative estimate of drug-likeness (QED) is 0.450. The van der Waals surface area contributed by atoms with Crippen LogP contribution in [-0.2, 0) is 20.9 Å². The summed E-state index contributed by atoms with van der Waals surface area (Å²) in [6, 6.07) is 25.3. The van der Waals surface area contributed by atoms with Gasteiger partial charge in [-0.1, -0.05) is 78.9 Å². The molecule has 2 atom stereocenters. The van der Waals surface area contributed by atoms with Crippen LogP contribution in [-0.4, -0.2) is 75.8 Å². The van der Waals surface area contributed by atoms with Gasteiger partial charge in [0.2, 0.25) is 0 Å². The Balaban J connectivity index is 1.20. The monoisotopic (exact) mass is 557 g/mol. The Hall–Kier alpha value is -3.82. The number of benzene rings is 3. The minimum Gasteiger partial charge on any atom is -0.480 e. The summed E-state index contributed by atoms with van der Waals surface area (Å²) in [5, 5.41) is 12.6. The number of rotatable bonds is 7. The molecule has 2 heterocycles. The Labute approximate surface area is 237 Å². The van der Waals surface area contributed by atoms with Crippen LogP contribution >= 0.6 is 11.8 Å². The SMILES string of the molecule is O=C(NC1(C(=O)N2CSCC2C(=O)O)CCN(Cc2ccccc2)C1)OCC1c2ccccc2-c2ccccc21. The van der Waals surface area contributed by atoms with Gasteiger partial charge in [0.25, 0.3) is 5.91 Å². The summed E-state index contributed by atoms with van der Waals surface area (Å²) in [6.45, 7) is 1.62. The van der Waals surface area contributed by atoms with Crippen molar-refractivity contribution < 1.29 is 24.2 Å². The maximum atomic E-state index is 14.0. The molecule has 3 aromatic carbocycles. The van der Waals surface area contributed by atoms with Gasteiger partial charge in [-0.15, -0.1) is 11.8 Å². The number of fused-ring (bicyclic) bond motifs is 3. The van der Waals surface area contributed by atoms with Gasteiger partial charge >= 0.3 is 12.1 Å². The van der Waals surface area contributed by atoms with E-state index < -0.39 is 23.6 Å². The first-order valence-corrected chi connectivity index (χ1v) is 14.6. The van der Waals surface area contributed by atoms with E-state index in [0.717, 1.165) is 27.8 Å². The largest absolute Gasteiger partial charge is 0.480 e. The summed E-state index contributed by atoms with van der Waals surface area (Å²) in [4.78, 5) is 42.7. The Morgan fingerprint density at radius 3 is 2.27 bits per heavy atom. The third-order valence-electron chi connectivity index (χ3n) is 8.12. The van der Waals surface area contributed by atoms with Gasteiger partial charge in [-0.05, 0) is 34.2 Å². The predicted octanol–water partition coefficient (Wildman–Crippen LogP) is 4.16. The highest BCUT2D eigenvalue weighted by molar-refractivity contribution is 7.99. The Morgan fingerprint density at radius 1 is 0.950 bits per heavy atom. The maximum Gasteiger partial charge on any atom is 0.408 e. The van der Waals surface area contributed by atoms with Crippen LogP contribution in [0.15, 0.2) is 78.9 Å². The molecule has 2 N–H and O–H groups in total. The lowest BCUT2D eigenvalue weighted by atomic mass is 9.96. The van der Waals surface area contributed by atoms with Crippen LogP contribution in [0.1, 0.15) is 29.0 Å². The van der Waals surface area contributed by atoms with E-state index in [0.29, 0.717) is 25.3 Å². The van der Waals surface area contributed by atoms with E-state index in [1.54, 1.807) is 0 Å². The molecule has 0 saturated carbocycles. The van der Waals surface area contributed by atoms with E-state index in [1.165, 1.54) is 16.7 Å². The number of nitrogens with zero attached hydrogens (tertiary/aromatic N) is 2. The number of thioether (sulfide) groups is 1. The highest BCUT2D eigenvalue weighted by Gasteiger charge is 2.51. The molecule has 2 saturated heterocycles. The molecule has 0 aromatic heterocycles. The third kappa shape index (κ3) is 4.95. The number of hydrogen-bond acceptors (Lipinski definition) is 6. The molecular formula is C31H31N3O5S. The van der Waals surface area contributed by atoms with E-state index in [1.807, 2.05) is 54.6 Å². The van der Waals surface area contributed by atoms with Crippen molar-refractivity contribution in [1.82, 2.24) is 15.1 Å². The average molecular weight is 558 g/mol. The first kappa shape index (κ1) is 26.4. The third-order valence-corrected chi connectivity index (χ3v) is 9.13. The average Bonchev–Trinajstić information content (AvgIpc) is 3.69. The van der Waals surface area contributed by atoms with Gasteiger partial charge in [-0.25, -0.2) is 9.59 Å². The Bertz CT molecular complexity index is 1390. The minimum atomic E-state index is -1.27. The minimum absolute atomic E-state index is 0.102. The lowest BCUT2D eigenvalue weighted by Gasteiger charge is -2.34. The molecule has 0 spiro atoms. The van der Waals surface area contributed by atoms with E-state index in [2.05, 4.69) is 34.5 Å². The van der Waals surface area contributed by atoms with Crippen molar-refractivity contribution in [1.29, 1.82) is 0 Å². The zero-order valence-electron chi connectivity index (χ0n) is 22.0. The van der Waals surface area contributed by atoms with E-state index in [4.69, 9.17) is 4.74 Å². The fraction of sp³-hybridized carbons (Fsp3) is 0.323. The number of carboxylic acid groups (broad SMARTS) is 1. The topological polar surface area (TPSA) is 99.2 Å². The second-order valence-corrected chi connectivity index (χ2v) is 11.6. The summed E-state index contributed by atoms with van der Waals surface area (Å²) in [5.74, 6) is -0.893. The number of ether oxygens (including phenoxy) is 1. The summed E-state index contributed by atoms with van der Waals surface area (Å²) >= 11 is 1.41. The second-order valence-electron chi connectivity index (χ2n) is 10.6. The first-order valence-electron chi connectivity index (χ1n) is 13.5. The van der Waals surface area contributed by atoms with Gasteiger partial charge in [0.1, 0.15) is 18.2 Å². The van der Waals surface area contributed by atoms with Gasteiger partial charge in [-0.2, -0.15) is 0 Å². The van der Waals surface area contributed by atoms with Crippen LogP contribution in [0.25, 0.3) is 11.1 Å². The summed E-state index contributed by atoms with van der Waals surface area (Å²) in [5.41, 5.74) is 4.32. The lowest BCUT2D eigenvalue weighted by Crippen LogP contribution is -2.62. The number of carbonyl (C=O) groups excluding carboxylic acids is 2. The molecule has 8 nitrogen and oxygen atoms in total. The standard InChI is InChI=1S/C31H31N3O5S/c35-28(36)27-18-40-20-34(27)29(37)31(14-15-33(19-31)16-21-8-2-1-3-9-21)32-30(38)39-17-26-24-12-6-4-10-22(24)23-11-5-7-13-25(23)26/h1-13,26-27H,14-20H2,(H,32,38)(H,35,36). The molecule has 3 aliphatic rings. The van der Waals surface area contributed by atoms with Gasteiger partial charge < -0.3 is 20.1 Å². The van der Waals surface area contributed by atoms with Crippen LogP contribution < -0.4 is 5.32 Å². The Kier molecular flexibility index (Phi) is 7.25. The molecule has 1 aliphatic carbocycles. The number of amides is 2. The van der Waals surface area contributed by atoms with Crippen molar-refractivity contribution in [3.63, 3.8) is 0 Å². The van der Waals surface area contributed by atoms with Crippen molar-refractivity contribution in [2.75, 3.05) is 31.3 Å². The summed E-state index contributed by atoms with van der Waals surface area (Å²) in [7, 11) is 0. The number of aliphatic carboxylic acids is 1. The second kappa shape index (κ2) is 11.0. The van der Waals surface area contributed by atoms with Crippen LogP contribution in [0.2, 0.25) is 0 Å². The fourth-order valence-electron chi connectivity index (χ4n) is 6.15. The molecular weight excluding hydrogens is 526 g/mol. The van der Waals surface area contributed by atoms with Crippen molar-refractivity contribution in [2.45, 2.75) is 30.5 Å². The highest BCUT2D eigenvalue weighted by Crippen LogP contribution is 2.44. The molecule has 3 aromatic rings. The molecule has 0 bridgehead atoms. The smallest absolute Gasteiger partial charge is 0.408 e. The van der Waals surface area contributed by atoms with Gasteiger partial charge in [-0.3, -0.25) is 9.69 Å². The molecule has 9 heteroatoms. The normalized spacial score (nSPS) is 22.1. The zero-order valence-corrected chi connectivity index (χ0v) is 22.8. The molecule has 2 aliphatic heterocycles. The number of alkyl carbamates (subject to hydrolysis) is 1. The van der Waals surface area contributed by atoms with Gasteiger partial charge in [0.05, 0.1) is 5.88 Å². The lowest BCUT2D eigenvalue weighted by molar-refractivity contribution is -0.150. The number of carboxylic acids is 1. The molecule has 2 fully saturated rings. The van der Waals surface area contributed by atoms with Crippen LogP contribution in [0.5, 0.6) is 0 Å². The first-order chi connectivity index (χ1) is 19.4. The van der Waals surface area contributed by atoms with E-state index in [9.17, 15) is 19.5 Å². The van der Waals surface area contributed by atoms with E-state index in [-0.39, 0.29) is 30.9 Å². The van der Waals surface area contributed by atoms with Gasteiger partial charge in [0, 0.05) is 31.3 Å². The molecule has 6 rings (SSSR count). The molecule has 2 amide bonds. The van der Waals surface area contributed by atoms with Gasteiger partial charge in [0.15, 0.2) is 0 Å². The Morgan fingerprint density at radius 2 is 1.60 bits per heavy atom. The van der Waals surface area contributed by atoms with Crippen molar-refractivity contribution in [3.05, 3.63) is 95.6 Å². The number of nitrogens with one attached hydrogen (secondary N) is 1. The summed E-state index contributed by atoms with van der Waals surface area (Å²) in [6.07, 6.45) is -0.299. The van der Waals surface area contributed by atoms with Crippen molar-refractivity contribution in [2.24, 2.45) is 0 Å². The molecule has 206 valence electrons. The number of carbonyl (C=O) groups is 3. The molecule has 0 radical (unpaired) electrons. The van der Waals surface area contributed by atoms with Crippen LogP contribution in [0.4, 0.5) is 4.79 Å². The molecule has 2 unspecified atom stereocenters. The highest BCUT2D eigenvalue weighted by atomic mass is 32.2. The zero-order chi connectivity index (χ0) is 27.7. The molecule has 40 heavy (non-hydrogen) atoms. The van der Waals surface area contributed by atoms with Crippen LogP contribution in [0, 0.1) is 0 Å². The number of hydrogen-bond donors (Lipinski definition) is 2. The van der Waals surface area contributed by atoms with Crippen molar-refractivity contribution >= 4 is 29.7 Å². The van der Waals surface area contributed by atoms with Crippen molar-refractivity contribution in [3.8, 4) is 11.1 Å². The van der Waals surface area contributed by atoms with E-state index >= 15 is 0 Å². The summed E-state index contributed by atoms with van der Waals surface area (Å²) < 4.78 is 5.81. The predicted molar refractivity (Wildman–Crippen MR) is 153 cm³/mol. The fourth-order valence-corrected chi connectivity index (χ4v) is 7.29. The van der Waals surface area contributed by atoms with Crippen LogP contribution in [0.3, 0.4) is 0 Å².